The molecule has 1 heterocycles. The van der Waals surface area contributed by atoms with Crippen LogP contribution >= 0.6 is 11.6 Å². The molecule has 0 amide bonds. The lowest BCUT2D eigenvalue weighted by Gasteiger charge is -2.09. The SMILES string of the molecule is CC(C)C1=C(C2CC2)c2nc(Cl)cnc2C1. The van der Waals surface area contributed by atoms with Crippen LogP contribution in [0.2, 0.25) is 5.15 Å². The van der Waals surface area contributed by atoms with Gasteiger partial charge in [0.1, 0.15) is 5.15 Å². The summed E-state index contributed by atoms with van der Waals surface area (Å²) in [5.74, 6) is 1.32. The van der Waals surface area contributed by atoms with Crippen molar-refractivity contribution in [2.75, 3.05) is 0 Å². The van der Waals surface area contributed by atoms with Crippen molar-refractivity contribution < 1.29 is 0 Å². The van der Waals surface area contributed by atoms with Crippen LogP contribution in [0.15, 0.2) is 11.8 Å². The minimum atomic E-state index is 0.516. The van der Waals surface area contributed by atoms with Gasteiger partial charge < -0.3 is 0 Å². The molecule has 1 fully saturated rings. The Bertz CT molecular complexity index is 473. The van der Waals surface area contributed by atoms with Crippen LogP contribution in [-0.2, 0) is 6.42 Å². The Morgan fingerprint density at radius 1 is 1.38 bits per heavy atom. The highest BCUT2D eigenvalue weighted by Gasteiger charge is 2.36. The number of hydrogen-bond donors (Lipinski definition) is 0. The summed E-state index contributed by atoms with van der Waals surface area (Å²) in [7, 11) is 0. The third kappa shape index (κ3) is 1.56. The van der Waals surface area contributed by atoms with Crippen molar-refractivity contribution in [1.29, 1.82) is 0 Å². The van der Waals surface area contributed by atoms with Crippen LogP contribution in [-0.4, -0.2) is 9.97 Å². The van der Waals surface area contributed by atoms with E-state index in [9.17, 15) is 0 Å². The summed E-state index contributed by atoms with van der Waals surface area (Å²) in [6, 6.07) is 0. The van der Waals surface area contributed by atoms with E-state index < -0.39 is 0 Å². The molecule has 1 aromatic heterocycles. The zero-order chi connectivity index (χ0) is 11.3. The highest BCUT2D eigenvalue weighted by molar-refractivity contribution is 6.29. The average molecular weight is 235 g/mol. The van der Waals surface area contributed by atoms with Gasteiger partial charge in [0, 0.05) is 6.42 Å². The fourth-order valence-electron chi connectivity index (χ4n) is 2.51. The van der Waals surface area contributed by atoms with Crippen molar-refractivity contribution >= 4 is 17.2 Å². The number of hydrogen-bond acceptors (Lipinski definition) is 2. The van der Waals surface area contributed by atoms with Crippen molar-refractivity contribution in [3.63, 3.8) is 0 Å². The van der Waals surface area contributed by atoms with Crippen molar-refractivity contribution in [3.8, 4) is 0 Å². The second-order valence-electron chi connectivity index (χ2n) is 5.03. The van der Waals surface area contributed by atoms with E-state index in [1.165, 1.54) is 24.0 Å². The molecule has 0 aliphatic heterocycles. The van der Waals surface area contributed by atoms with Crippen LogP contribution in [0.5, 0.6) is 0 Å². The van der Waals surface area contributed by atoms with Gasteiger partial charge in [0.15, 0.2) is 0 Å². The average Bonchev–Trinajstić information content (AvgIpc) is 2.99. The van der Waals surface area contributed by atoms with E-state index in [0.717, 1.165) is 23.7 Å². The van der Waals surface area contributed by atoms with Gasteiger partial charge in [0.25, 0.3) is 0 Å². The van der Waals surface area contributed by atoms with Crippen molar-refractivity contribution in [2.24, 2.45) is 11.8 Å². The molecule has 2 aliphatic carbocycles. The van der Waals surface area contributed by atoms with E-state index in [-0.39, 0.29) is 0 Å². The second-order valence-corrected chi connectivity index (χ2v) is 5.42. The lowest BCUT2D eigenvalue weighted by Crippen LogP contribution is -1.96. The molecular formula is C13H15ClN2. The maximum Gasteiger partial charge on any atom is 0.148 e. The second kappa shape index (κ2) is 3.56. The highest BCUT2D eigenvalue weighted by atomic mass is 35.5. The van der Waals surface area contributed by atoms with Gasteiger partial charge in [-0.1, -0.05) is 31.0 Å². The van der Waals surface area contributed by atoms with E-state index >= 15 is 0 Å². The number of halogens is 1. The zero-order valence-corrected chi connectivity index (χ0v) is 10.4. The summed E-state index contributed by atoms with van der Waals surface area (Å²) in [4.78, 5) is 8.89. The Balaban J connectivity index is 2.12. The van der Waals surface area contributed by atoms with E-state index in [2.05, 4.69) is 23.8 Å². The molecule has 2 nitrogen and oxygen atoms in total. The molecule has 3 heteroatoms. The van der Waals surface area contributed by atoms with Gasteiger partial charge in [-0.2, -0.15) is 0 Å². The minimum Gasteiger partial charge on any atom is -0.255 e. The van der Waals surface area contributed by atoms with E-state index in [1.807, 2.05) is 0 Å². The first-order valence-corrected chi connectivity index (χ1v) is 6.29. The Kier molecular flexibility index (Phi) is 2.28. The van der Waals surface area contributed by atoms with Gasteiger partial charge in [0.2, 0.25) is 0 Å². The number of allylic oxidation sites excluding steroid dienone is 2. The van der Waals surface area contributed by atoms with Gasteiger partial charge in [0.05, 0.1) is 17.6 Å². The van der Waals surface area contributed by atoms with E-state index in [0.29, 0.717) is 11.1 Å². The van der Waals surface area contributed by atoms with E-state index in [1.54, 1.807) is 6.20 Å². The number of fused-ring (bicyclic) bond motifs is 1. The molecule has 1 aromatic rings. The summed E-state index contributed by atoms with van der Waals surface area (Å²) in [5.41, 5.74) is 5.19. The minimum absolute atomic E-state index is 0.516. The molecule has 16 heavy (non-hydrogen) atoms. The van der Waals surface area contributed by atoms with Crippen LogP contribution in [0, 0.1) is 11.8 Å². The van der Waals surface area contributed by atoms with Gasteiger partial charge in [-0.3, -0.25) is 4.98 Å². The van der Waals surface area contributed by atoms with Crippen LogP contribution in [0.25, 0.3) is 5.57 Å². The first-order chi connectivity index (χ1) is 7.66. The summed E-state index contributed by atoms with van der Waals surface area (Å²) in [5, 5.41) is 0.516. The molecule has 0 atom stereocenters. The van der Waals surface area contributed by atoms with Crippen molar-refractivity contribution in [2.45, 2.75) is 33.1 Å². The quantitative estimate of drug-likeness (QED) is 0.783. The fourth-order valence-corrected chi connectivity index (χ4v) is 2.64. The molecule has 2 aliphatic rings. The third-order valence-corrected chi connectivity index (χ3v) is 3.64. The van der Waals surface area contributed by atoms with Gasteiger partial charge in [-0.15, -0.1) is 0 Å². The summed E-state index contributed by atoms with van der Waals surface area (Å²) in [6.07, 6.45) is 5.25. The van der Waals surface area contributed by atoms with Gasteiger partial charge >= 0.3 is 0 Å². The molecular weight excluding hydrogens is 220 g/mol. The molecule has 0 radical (unpaired) electrons. The van der Waals surface area contributed by atoms with Crippen LogP contribution in [0.3, 0.4) is 0 Å². The van der Waals surface area contributed by atoms with Gasteiger partial charge in [-0.05, 0) is 30.3 Å². The van der Waals surface area contributed by atoms with Crippen LogP contribution in [0.4, 0.5) is 0 Å². The smallest absolute Gasteiger partial charge is 0.148 e. The highest BCUT2D eigenvalue weighted by Crippen LogP contribution is 2.48. The van der Waals surface area contributed by atoms with Crippen molar-refractivity contribution in [1.82, 2.24) is 9.97 Å². The Hall–Kier alpha value is -0.890. The third-order valence-electron chi connectivity index (χ3n) is 3.46. The fraction of sp³-hybridized carbons (Fsp3) is 0.538. The Labute approximate surface area is 101 Å². The molecule has 0 unspecified atom stereocenters. The lowest BCUT2D eigenvalue weighted by molar-refractivity contribution is 0.743. The maximum absolute atomic E-state index is 5.94. The predicted octanol–water partition coefficient (Wildman–Crippen LogP) is 3.51. The molecule has 0 saturated heterocycles. The molecule has 3 rings (SSSR count). The molecule has 0 spiro atoms. The Morgan fingerprint density at radius 2 is 2.12 bits per heavy atom. The van der Waals surface area contributed by atoms with E-state index in [4.69, 9.17) is 11.6 Å². The molecule has 1 saturated carbocycles. The van der Waals surface area contributed by atoms with Crippen LogP contribution in [0.1, 0.15) is 38.1 Å². The Morgan fingerprint density at radius 3 is 2.75 bits per heavy atom. The number of aromatic nitrogens is 2. The topological polar surface area (TPSA) is 25.8 Å². The molecule has 0 N–H and O–H groups in total. The number of rotatable bonds is 2. The summed E-state index contributed by atoms with van der Waals surface area (Å²) in [6.45, 7) is 4.51. The van der Waals surface area contributed by atoms with Crippen LogP contribution < -0.4 is 0 Å². The largest absolute Gasteiger partial charge is 0.255 e. The van der Waals surface area contributed by atoms with Crippen molar-refractivity contribution in [3.05, 3.63) is 28.3 Å². The molecule has 0 aromatic carbocycles. The first-order valence-electron chi connectivity index (χ1n) is 5.91. The predicted molar refractivity (Wildman–Crippen MR) is 65.2 cm³/mol. The van der Waals surface area contributed by atoms with Gasteiger partial charge in [-0.25, -0.2) is 4.98 Å². The molecule has 0 bridgehead atoms. The lowest BCUT2D eigenvalue weighted by atomic mass is 9.96. The standard InChI is InChI=1S/C13H15ClN2/c1-7(2)9-5-10-13(12(9)8-3-4-8)16-11(14)6-15-10/h6-8H,3-5H2,1-2H3. The summed E-state index contributed by atoms with van der Waals surface area (Å²) >= 11 is 5.94. The maximum atomic E-state index is 5.94. The normalized spacial score (nSPS) is 19.5. The summed E-state index contributed by atoms with van der Waals surface area (Å²) < 4.78 is 0. The molecule has 84 valence electrons. The first kappa shape index (κ1) is 10.3. The monoisotopic (exact) mass is 234 g/mol. The number of nitrogens with zero attached hydrogens (tertiary/aromatic N) is 2. The zero-order valence-electron chi connectivity index (χ0n) is 9.63.